The molecule has 0 unspecified atom stereocenters. The molecule has 0 spiro atoms. The number of hydrogen-bond acceptors (Lipinski definition) is 5. The fourth-order valence-corrected chi connectivity index (χ4v) is 5.72. The number of nitrogens with one attached hydrogen (secondary N) is 1. The molecular weight excluding hydrogens is 414 g/mol. The standard InChI is InChI=1S/C23H21N3O2S2/c1-28-17-9-5-8-16(12-17)26-22(27)20-18-10-11-25(13-15-6-3-2-4-7-15)14-19(18)30-21(20)24-23(26)29/h2-9,12H,10-11,13-14H2,1H3,(H,24,29). The van der Waals surface area contributed by atoms with Crippen molar-refractivity contribution in [3.05, 3.63) is 85.7 Å². The summed E-state index contributed by atoms with van der Waals surface area (Å²) in [6.45, 7) is 2.70. The lowest BCUT2D eigenvalue weighted by Gasteiger charge is -2.26. The van der Waals surface area contributed by atoms with Crippen molar-refractivity contribution in [3.63, 3.8) is 0 Å². The highest BCUT2D eigenvalue weighted by Crippen LogP contribution is 2.33. The molecule has 5 rings (SSSR count). The van der Waals surface area contributed by atoms with Crippen LogP contribution in [0.15, 0.2) is 59.4 Å². The lowest BCUT2D eigenvalue weighted by molar-refractivity contribution is 0.249. The Hall–Kier alpha value is -2.74. The zero-order valence-corrected chi connectivity index (χ0v) is 18.2. The van der Waals surface area contributed by atoms with Crippen molar-refractivity contribution in [1.82, 2.24) is 14.5 Å². The number of benzene rings is 2. The van der Waals surface area contributed by atoms with E-state index in [1.165, 1.54) is 10.4 Å². The second-order valence-electron chi connectivity index (χ2n) is 7.43. The molecule has 2 aromatic heterocycles. The van der Waals surface area contributed by atoms with E-state index in [0.29, 0.717) is 16.2 Å². The van der Waals surface area contributed by atoms with Gasteiger partial charge in [0.25, 0.3) is 5.56 Å². The van der Waals surface area contributed by atoms with Gasteiger partial charge in [-0.15, -0.1) is 11.3 Å². The number of thiophene rings is 1. The third-order valence-corrected chi connectivity index (χ3v) is 6.95. The number of fused-ring (bicyclic) bond motifs is 3. The molecule has 0 fully saturated rings. The summed E-state index contributed by atoms with van der Waals surface area (Å²) >= 11 is 7.19. The van der Waals surface area contributed by atoms with Gasteiger partial charge in [-0.1, -0.05) is 36.4 Å². The Bertz CT molecular complexity index is 1340. The molecule has 0 radical (unpaired) electrons. The minimum Gasteiger partial charge on any atom is -0.497 e. The number of hydrogen-bond donors (Lipinski definition) is 1. The Morgan fingerprint density at radius 1 is 1.17 bits per heavy atom. The van der Waals surface area contributed by atoms with Crippen molar-refractivity contribution in [2.75, 3.05) is 13.7 Å². The van der Waals surface area contributed by atoms with Crippen molar-refractivity contribution < 1.29 is 4.74 Å². The first-order chi connectivity index (χ1) is 14.6. The Kier molecular flexibility index (Phi) is 5.02. The molecule has 1 aliphatic heterocycles. The minimum atomic E-state index is -0.0592. The predicted molar refractivity (Wildman–Crippen MR) is 123 cm³/mol. The summed E-state index contributed by atoms with van der Waals surface area (Å²) in [5.41, 5.74) is 3.12. The Labute approximate surface area is 183 Å². The van der Waals surface area contributed by atoms with E-state index in [9.17, 15) is 4.79 Å². The minimum absolute atomic E-state index is 0.0592. The number of H-pyrrole nitrogens is 1. The van der Waals surface area contributed by atoms with E-state index in [0.717, 1.165) is 41.8 Å². The van der Waals surface area contributed by atoms with Gasteiger partial charge in [-0.05, 0) is 41.9 Å². The average Bonchev–Trinajstić information content (AvgIpc) is 3.12. The van der Waals surface area contributed by atoms with Gasteiger partial charge in [-0.3, -0.25) is 14.3 Å². The number of aromatic amines is 1. The Balaban J connectivity index is 1.56. The van der Waals surface area contributed by atoms with E-state index < -0.39 is 0 Å². The molecule has 152 valence electrons. The van der Waals surface area contributed by atoms with Crippen LogP contribution < -0.4 is 10.3 Å². The summed E-state index contributed by atoms with van der Waals surface area (Å²) in [5, 5.41) is 0.769. The van der Waals surface area contributed by atoms with E-state index in [4.69, 9.17) is 17.0 Å². The monoisotopic (exact) mass is 435 g/mol. The molecular formula is C23H21N3O2S2. The molecule has 7 heteroatoms. The second kappa shape index (κ2) is 7.83. The van der Waals surface area contributed by atoms with Gasteiger partial charge >= 0.3 is 0 Å². The normalized spacial score (nSPS) is 14.0. The maximum atomic E-state index is 13.5. The van der Waals surface area contributed by atoms with E-state index >= 15 is 0 Å². The summed E-state index contributed by atoms with van der Waals surface area (Å²) < 4.78 is 7.29. The zero-order valence-electron chi connectivity index (χ0n) is 16.6. The molecule has 30 heavy (non-hydrogen) atoms. The highest BCUT2D eigenvalue weighted by Gasteiger charge is 2.24. The van der Waals surface area contributed by atoms with Gasteiger partial charge in [0.2, 0.25) is 0 Å². The smallest absolute Gasteiger partial charge is 0.267 e. The summed E-state index contributed by atoms with van der Waals surface area (Å²) in [7, 11) is 1.61. The van der Waals surface area contributed by atoms with Gasteiger partial charge in [-0.2, -0.15) is 0 Å². The van der Waals surface area contributed by atoms with Gasteiger partial charge in [-0.25, -0.2) is 0 Å². The molecule has 2 aromatic carbocycles. The lowest BCUT2D eigenvalue weighted by Crippen LogP contribution is -2.30. The van der Waals surface area contributed by atoms with Crippen molar-refractivity contribution in [2.24, 2.45) is 0 Å². The van der Waals surface area contributed by atoms with Crippen LogP contribution in [0.1, 0.15) is 16.0 Å². The largest absolute Gasteiger partial charge is 0.497 e. The fraction of sp³-hybridized carbons (Fsp3) is 0.217. The molecule has 0 bridgehead atoms. The van der Waals surface area contributed by atoms with Crippen LogP contribution in [-0.4, -0.2) is 28.1 Å². The lowest BCUT2D eigenvalue weighted by atomic mass is 10.0. The van der Waals surface area contributed by atoms with Crippen LogP contribution in [0, 0.1) is 4.77 Å². The third-order valence-electron chi connectivity index (χ3n) is 5.54. The van der Waals surface area contributed by atoms with Crippen molar-refractivity contribution in [3.8, 4) is 11.4 Å². The average molecular weight is 436 g/mol. The third kappa shape index (κ3) is 3.39. The van der Waals surface area contributed by atoms with Crippen molar-refractivity contribution in [2.45, 2.75) is 19.5 Å². The van der Waals surface area contributed by atoms with Crippen molar-refractivity contribution in [1.29, 1.82) is 0 Å². The molecule has 5 nitrogen and oxygen atoms in total. The predicted octanol–water partition coefficient (Wildman–Crippen LogP) is 4.68. The van der Waals surface area contributed by atoms with E-state index in [1.54, 1.807) is 23.0 Å². The fourth-order valence-electron chi connectivity index (χ4n) is 4.09. The van der Waals surface area contributed by atoms with Gasteiger partial charge in [0, 0.05) is 30.6 Å². The highest BCUT2D eigenvalue weighted by molar-refractivity contribution is 7.71. The summed E-state index contributed by atoms with van der Waals surface area (Å²) in [4.78, 5) is 21.3. The molecule has 0 saturated heterocycles. The van der Waals surface area contributed by atoms with E-state index in [1.807, 2.05) is 30.3 Å². The number of methoxy groups -OCH3 is 1. The summed E-state index contributed by atoms with van der Waals surface area (Å²) in [5.74, 6) is 0.692. The molecule has 4 aromatic rings. The van der Waals surface area contributed by atoms with Crippen LogP contribution in [0.4, 0.5) is 0 Å². The first-order valence-electron chi connectivity index (χ1n) is 9.84. The SMILES string of the molecule is COc1cccc(-n2c(=S)[nH]c3sc4c(c3c2=O)CCN(Cc2ccccc2)C4)c1. The van der Waals surface area contributed by atoms with Crippen LogP contribution in [0.5, 0.6) is 5.75 Å². The number of rotatable bonds is 4. The van der Waals surface area contributed by atoms with Gasteiger partial charge in [0.05, 0.1) is 18.2 Å². The van der Waals surface area contributed by atoms with E-state index in [-0.39, 0.29) is 5.56 Å². The first-order valence-corrected chi connectivity index (χ1v) is 11.1. The van der Waals surface area contributed by atoms with Crippen LogP contribution in [0.25, 0.3) is 15.9 Å². The molecule has 3 heterocycles. The van der Waals surface area contributed by atoms with E-state index in [2.05, 4.69) is 34.1 Å². The number of nitrogens with zero attached hydrogens (tertiary/aromatic N) is 2. The molecule has 1 aliphatic rings. The number of aromatic nitrogens is 2. The number of ether oxygens (including phenoxy) is 1. The topological polar surface area (TPSA) is 50.3 Å². The van der Waals surface area contributed by atoms with Gasteiger partial charge in [0.15, 0.2) is 4.77 Å². The Morgan fingerprint density at radius 2 is 2.00 bits per heavy atom. The molecule has 0 atom stereocenters. The molecule has 1 N–H and O–H groups in total. The van der Waals surface area contributed by atoms with Gasteiger partial charge in [0.1, 0.15) is 10.6 Å². The highest BCUT2D eigenvalue weighted by atomic mass is 32.1. The quantitative estimate of drug-likeness (QED) is 0.473. The second-order valence-corrected chi connectivity index (χ2v) is 8.92. The van der Waals surface area contributed by atoms with Gasteiger partial charge < -0.3 is 9.72 Å². The maximum absolute atomic E-state index is 13.5. The van der Waals surface area contributed by atoms with Crippen LogP contribution in [0.3, 0.4) is 0 Å². The van der Waals surface area contributed by atoms with Crippen LogP contribution in [-0.2, 0) is 19.5 Å². The summed E-state index contributed by atoms with van der Waals surface area (Å²) in [6, 6.07) is 17.9. The van der Waals surface area contributed by atoms with Crippen molar-refractivity contribution >= 4 is 33.8 Å². The summed E-state index contributed by atoms with van der Waals surface area (Å²) in [6.07, 6.45) is 0.861. The first kappa shape index (κ1) is 19.2. The van der Waals surface area contributed by atoms with Crippen LogP contribution >= 0.6 is 23.6 Å². The zero-order chi connectivity index (χ0) is 20.7. The van der Waals surface area contributed by atoms with Crippen LogP contribution in [0.2, 0.25) is 0 Å². The molecule has 0 amide bonds. The molecule has 0 saturated carbocycles. The Morgan fingerprint density at radius 3 is 2.80 bits per heavy atom. The maximum Gasteiger partial charge on any atom is 0.267 e. The molecule has 0 aliphatic carbocycles.